The van der Waals surface area contributed by atoms with Gasteiger partial charge in [0.05, 0.1) is 18.0 Å². The van der Waals surface area contributed by atoms with Crippen LogP contribution in [0.2, 0.25) is 0 Å². The molecule has 0 unspecified atom stereocenters. The Morgan fingerprint density at radius 3 is 2.61 bits per heavy atom. The van der Waals surface area contributed by atoms with E-state index in [2.05, 4.69) is 17.4 Å². The van der Waals surface area contributed by atoms with Crippen LogP contribution in [-0.4, -0.2) is 27.1 Å². The number of fused-ring (bicyclic) bond motifs is 1. The number of aryl methyl sites for hydroxylation is 1. The van der Waals surface area contributed by atoms with E-state index in [0.717, 1.165) is 25.5 Å². The van der Waals surface area contributed by atoms with Crippen molar-refractivity contribution >= 4 is 21.6 Å². The Balaban J connectivity index is 1.57. The second-order valence-electron chi connectivity index (χ2n) is 7.13. The third-order valence-corrected chi connectivity index (χ3v) is 6.18. The number of halogens is 1. The van der Waals surface area contributed by atoms with Crippen molar-refractivity contribution in [3.63, 3.8) is 0 Å². The van der Waals surface area contributed by atoms with Crippen LogP contribution in [0.25, 0.3) is 0 Å². The van der Waals surface area contributed by atoms with Gasteiger partial charge in [0.15, 0.2) is 0 Å². The first kappa shape index (κ1) is 20.3. The Morgan fingerprint density at radius 2 is 1.89 bits per heavy atom. The predicted octanol–water partition coefficient (Wildman–Crippen LogP) is 3.57. The van der Waals surface area contributed by atoms with Crippen molar-refractivity contribution in [3.05, 3.63) is 65.5 Å². The van der Waals surface area contributed by atoms with Crippen LogP contribution in [0.4, 0.5) is 10.1 Å². The molecular formula is C21H25FN2O3S. The Bertz CT molecular complexity index is 929. The van der Waals surface area contributed by atoms with Gasteiger partial charge < -0.3 is 5.32 Å². The van der Waals surface area contributed by atoms with Crippen LogP contribution < -0.4 is 9.62 Å². The summed E-state index contributed by atoms with van der Waals surface area (Å²) in [6.07, 6.45) is 4.69. The average molecular weight is 405 g/mol. The first-order valence-corrected chi connectivity index (χ1v) is 11.3. The number of sulfonamides is 1. The quantitative estimate of drug-likeness (QED) is 0.767. The van der Waals surface area contributed by atoms with Crippen LogP contribution in [0.3, 0.4) is 0 Å². The fourth-order valence-electron chi connectivity index (χ4n) is 3.65. The van der Waals surface area contributed by atoms with Crippen LogP contribution in [0, 0.1) is 5.82 Å². The third kappa shape index (κ3) is 5.10. The van der Waals surface area contributed by atoms with E-state index in [9.17, 15) is 17.6 Å². The second kappa shape index (κ2) is 8.73. The van der Waals surface area contributed by atoms with E-state index in [-0.39, 0.29) is 24.9 Å². The molecule has 0 bridgehead atoms. The topological polar surface area (TPSA) is 66.5 Å². The highest BCUT2D eigenvalue weighted by atomic mass is 32.2. The Labute approximate surface area is 165 Å². The lowest BCUT2D eigenvalue weighted by Crippen LogP contribution is -2.33. The number of hydrogen-bond donors (Lipinski definition) is 1. The van der Waals surface area contributed by atoms with Crippen molar-refractivity contribution in [2.45, 2.75) is 38.1 Å². The lowest BCUT2D eigenvalue weighted by Gasteiger charge is -2.26. The number of hydrogen-bond acceptors (Lipinski definition) is 3. The Morgan fingerprint density at radius 1 is 1.18 bits per heavy atom. The summed E-state index contributed by atoms with van der Waals surface area (Å²) in [6.45, 7) is 0.166. The number of carbonyl (C=O) groups is 1. The standard InChI is InChI=1S/C21H25FN2O3S/c1-28(26,27)24(18-13-11-17(22)12-14-18)15-5-10-21(25)23-20-9-4-7-16-6-2-3-8-19(16)20/h2-3,6,8,11-14,20H,4-5,7,9-10,15H2,1H3,(H,23,25)/t20-/m1/s1. The van der Waals surface area contributed by atoms with Crippen LogP contribution in [0.5, 0.6) is 0 Å². The van der Waals surface area contributed by atoms with Gasteiger partial charge in [-0.05, 0) is 61.1 Å². The van der Waals surface area contributed by atoms with E-state index in [1.807, 2.05) is 12.1 Å². The SMILES string of the molecule is CS(=O)(=O)N(CCCC(=O)N[C@@H]1CCCc2ccccc21)c1ccc(F)cc1. The van der Waals surface area contributed by atoms with Crippen molar-refractivity contribution in [1.29, 1.82) is 0 Å². The molecule has 0 saturated carbocycles. The van der Waals surface area contributed by atoms with E-state index in [4.69, 9.17) is 0 Å². The van der Waals surface area contributed by atoms with Crippen LogP contribution in [-0.2, 0) is 21.2 Å². The summed E-state index contributed by atoms with van der Waals surface area (Å²) in [5.74, 6) is -0.515. The highest BCUT2D eigenvalue weighted by Gasteiger charge is 2.22. The summed E-state index contributed by atoms with van der Waals surface area (Å²) in [7, 11) is -3.52. The summed E-state index contributed by atoms with van der Waals surface area (Å²) in [5.41, 5.74) is 2.84. The lowest BCUT2D eigenvalue weighted by molar-refractivity contribution is -0.122. The molecule has 150 valence electrons. The molecular weight excluding hydrogens is 379 g/mol. The van der Waals surface area contributed by atoms with Gasteiger partial charge in [0, 0.05) is 13.0 Å². The van der Waals surface area contributed by atoms with Crippen molar-refractivity contribution in [1.82, 2.24) is 5.32 Å². The fourth-order valence-corrected chi connectivity index (χ4v) is 4.61. The van der Waals surface area contributed by atoms with Gasteiger partial charge in [-0.2, -0.15) is 0 Å². The zero-order chi connectivity index (χ0) is 20.1. The van der Waals surface area contributed by atoms with E-state index in [1.165, 1.54) is 39.7 Å². The number of carbonyl (C=O) groups excluding carboxylic acids is 1. The van der Waals surface area contributed by atoms with Gasteiger partial charge in [0.25, 0.3) is 0 Å². The van der Waals surface area contributed by atoms with Gasteiger partial charge in [-0.1, -0.05) is 24.3 Å². The van der Waals surface area contributed by atoms with E-state index >= 15 is 0 Å². The molecule has 0 fully saturated rings. The molecule has 2 aromatic carbocycles. The number of anilines is 1. The maximum Gasteiger partial charge on any atom is 0.232 e. The van der Waals surface area contributed by atoms with Crippen LogP contribution in [0.15, 0.2) is 48.5 Å². The molecule has 0 aromatic heterocycles. The molecule has 28 heavy (non-hydrogen) atoms. The zero-order valence-electron chi connectivity index (χ0n) is 15.9. The van der Waals surface area contributed by atoms with Gasteiger partial charge in [-0.15, -0.1) is 0 Å². The van der Waals surface area contributed by atoms with E-state index in [0.29, 0.717) is 12.1 Å². The molecule has 0 radical (unpaired) electrons. The normalized spacial score (nSPS) is 16.3. The van der Waals surface area contributed by atoms with E-state index in [1.54, 1.807) is 0 Å². The minimum Gasteiger partial charge on any atom is -0.349 e. The first-order chi connectivity index (χ1) is 13.3. The largest absolute Gasteiger partial charge is 0.349 e. The van der Waals surface area contributed by atoms with Gasteiger partial charge in [-0.25, -0.2) is 12.8 Å². The Kier molecular flexibility index (Phi) is 6.34. The van der Waals surface area contributed by atoms with Gasteiger partial charge in [0.1, 0.15) is 5.82 Å². The van der Waals surface area contributed by atoms with Crippen molar-refractivity contribution < 1.29 is 17.6 Å². The zero-order valence-corrected chi connectivity index (χ0v) is 16.7. The molecule has 1 amide bonds. The summed E-state index contributed by atoms with van der Waals surface area (Å²) >= 11 is 0. The maximum atomic E-state index is 13.1. The minimum atomic E-state index is -3.52. The van der Waals surface area contributed by atoms with Crippen molar-refractivity contribution in [2.75, 3.05) is 17.1 Å². The molecule has 5 nitrogen and oxygen atoms in total. The van der Waals surface area contributed by atoms with Crippen molar-refractivity contribution in [3.8, 4) is 0 Å². The molecule has 1 aliphatic rings. The molecule has 1 aliphatic carbocycles. The molecule has 0 heterocycles. The molecule has 7 heteroatoms. The molecule has 1 atom stereocenters. The lowest BCUT2D eigenvalue weighted by atomic mass is 9.87. The van der Waals surface area contributed by atoms with Gasteiger partial charge in [0.2, 0.25) is 15.9 Å². The monoisotopic (exact) mass is 404 g/mol. The van der Waals surface area contributed by atoms with E-state index < -0.39 is 15.8 Å². The number of nitrogens with zero attached hydrogens (tertiary/aromatic N) is 1. The average Bonchev–Trinajstić information content (AvgIpc) is 2.66. The highest BCUT2D eigenvalue weighted by molar-refractivity contribution is 7.92. The summed E-state index contributed by atoms with van der Waals surface area (Å²) in [4.78, 5) is 12.4. The second-order valence-corrected chi connectivity index (χ2v) is 9.03. The smallest absolute Gasteiger partial charge is 0.232 e. The molecule has 1 N–H and O–H groups in total. The Hall–Kier alpha value is -2.41. The molecule has 0 aliphatic heterocycles. The summed E-state index contributed by atoms with van der Waals surface area (Å²) in [6, 6.07) is 13.5. The third-order valence-electron chi connectivity index (χ3n) is 4.98. The van der Waals surface area contributed by atoms with Crippen molar-refractivity contribution in [2.24, 2.45) is 0 Å². The number of nitrogens with one attached hydrogen (secondary N) is 1. The first-order valence-electron chi connectivity index (χ1n) is 9.45. The molecule has 2 aromatic rings. The predicted molar refractivity (Wildman–Crippen MR) is 108 cm³/mol. The number of amides is 1. The summed E-state index contributed by atoms with van der Waals surface area (Å²) in [5, 5.41) is 3.08. The maximum absolute atomic E-state index is 13.1. The molecule has 0 saturated heterocycles. The molecule has 0 spiro atoms. The number of benzene rings is 2. The van der Waals surface area contributed by atoms with Gasteiger partial charge in [-0.3, -0.25) is 9.10 Å². The fraction of sp³-hybridized carbons (Fsp3) is 0.381. The summed E-state index contributed by atoms with van der Waals surface area (Å²) < 4.78 is 38.5. The minimum absolute atomic E-state index is 0.0144. The highest BCUT2D eigenvalue weighted by Crippen LogP contribution is 2.29. The van der Waals surface area contributed by atoms with Gasteiger partial charge >= 0.3 is 0 Å². The van der Waals surface area contributed by atoms with Crippen LogP contribution >= 0.6 is 0 Å². The molecule has 3 rings (SSSR count). The van der Waals surface area contributed by atoms with Crippen LogP contribution in [0.1, 0.15) is 42.9 Å². The number of rotatable bonds is 7.